The van der Waals surface area contributed by atoms with Crippen LogP contribution in [0.1, 0.15) is 37.7 Å². The van der Waals surface area contributed by atoms with Gasteiger partial charge in [0.05, 0.1) is 22.0 Å². The van der Waals surface area contributed by atoms with E-state index < -0.39 is 26.5 Å². The first-order chi connectivity index (χ1) is 14.6. The number of nitrogens with zero attached hydrogens (tertiary/aromatic N) is 4. The summed E-state index contributed by atoms with van der Waals surface area (Å²) in [7, 11) is -4.04. The number of halogens is 3. The van der Waals surface area contributed by atoms with Crippen LogP contribution >= 0.6 is 0 Å². The normalized spacial score (nSPS) is 16.0. The molecule has 2 heterocycles. The van der Waals surface area contributed by atoms with Crippen molar-refractivity contribution in [1.29, 1.82) is 0 Å². The van der Waals surface area contributed by atoms with E-state index in [0.717, 1.165) is 43.2 Å². The highest BCUT2D eigenvalue weighted by Crippen LogP contribution is 2.36. The quantitative estimate of drug-likeness (QED) is 0.609. The number of alkyl halides is 3. The first-order valence-corrected chi connectivity index (χ1v) is 11.9. The molecule has 1 N–H and O–H groups in total. The fraction of sp³-hybridized carbons (Fsp3) is 0.450. The molecule has 1 saturated carbocycles. The molecule has 4 rings (SSSR count). The Kier molecular flexibility index (Phi) is 5.63. The molecule has 2 aromatic heterocycles. The van der Waals surface area contributed by atoms with Crippen LogP contribution in [0.25, 0.3) is 11.0 Å². The van der Waals surface area contributed by atoms with Gasteiger partial charge in [-0.05, 0) is 37.0 Å². The Bertz CT molecular complexity index is 1200. The summed E-state index contributed by atoms with van der Waals surface area (Å²) in [6, 6.07) is 2.95. The molecule has 0 saturated heterocycles. The van der Waals surface area contributed by atoms with E-state index in [9.17, 15) is 21.6 Å². The van der Waals surface area contributed by atoms with E-state index in [4.69, 9.17) is 0 Å². The molecule has 0 radical (unpaired) electrons. The predicted molar refractivity (Wildman–Crippen MR) is 110 cm³/mol. The van der Waals surface area contributed by atoms with Crippen LogP contribution in [0.3, 0.4) is 0 Å². The molecule has 0 amide bonds. The number of hydrogen-bond acceptors (Lipinski definition) is 6. The van der Waals surface area contributed by atoms with Gasteiger partial charge in [-0.15, -0.1) is 0 Å². The lowest BCUT2D eigenvalue weighted by molar-refractivity contribution is -0.139. The second kappa shape index (κ2) is 8.10. The van der Waals surface area contributed by atoms with Gasteiger partial charge in [-0.2, -0.15) is 23.3 Å². The monoisotopic (exact) mass is 453 g/mol. The number of anilines is 2. The highest BCUT2D eigenvalue weighted by atomic mass is 32.2. The lowest BCUT2D eigenvalue weighted by Gasteiger charge is -2.21. The number of fused-ring (bicyclic) bond motifs is 1. The van der Waals surface area contributed by atoms with Gasteiger partial charge in [0, 0.05) is 24.7 Å². The fourth-order valence-electron chi connectivity index (χ4n) is 3.96. The molecular weight excluding hydrogens is 431 g/mol. The summed E-state index contributed by atoms with van der Waals surface area (Å²) in [6.07, 6.45) is 5.11. The first kappa shape index (κ1) is 21.5. The van der Waals surface area contributed by atoms with Crippen LogP contribution in [0.2, 0.25) is 0 Å². The van der Waals surface area contributed by atoms with Gasteiger partial charge in [0.25, 0.3) is 0 Å². The Morgan fingerprint density at radius 1 is 1.16 bits per heavy atom. The van der Waals surface area contributed by atoms with Gasteiger partial charge in [-0.3, -0.25) is 0 Å². The van der Waals surface area contributed by atoms with E-state index in [1.165, 1.54) is 25.3 Å². The van der Waals surface area contributed by atoms with Gasteiger partial charge >= 0.3 is 6.18 Å². The Morgan fingerprint density at radius 2 is 1.90 bits per heavy atom. The number of aromatic nitrogens is 4. The minimum absolute atomic E-state index is 0.0393. The molecule has 0 unspecified atom stereocenters. The molecule has 31 heavy (non-hydrogen) atoms. The van der Waals surface area contributed by atoms with Gasteiger partial charge < -0.3 is 5.32 Å². The molecule has 0 spiro atoms. The summed E-state index contributed by atoms with van der Waals surface area (Å²) < 4.78 is 65.5. The third kappa shape index (κ3) is 4.81. The van der Waals surface area contributed by atoms with E-state index in [2.05, 4.69) is 20.4 Å². The van der Waals surface area contributed by atoms with Crippen molar-refractivity contribution in [2.24, 2.45) is 5.92 Å². The largest absolute Gasteiger partial charge is 0.417 e. The summed E-state index contributed by atoms with van der Waals surface area (Å²) in [5.41, 5.74) is -0.590. The van der Waals surface area contributed by atoms with E-state index in [0.29, 0.717) is 11.6 Å². The number of hydrogen-bond donors (Lipinski definition) is 1. The minimum Gasteiger partial charge on any atom is -0.324 e. The van der Waals surface area contributed by atoms with Crippen LogP contribution in [0.15, 0.2) is 35.5 Å². The second-order valence-electron chi connectivity index (χ2n) is 7.91. The molecule has 1 aliphatic rings. The van der Waals surface area contributed by atoms with Crippen molar-refractivity contribution in [3.05, 3.63) is 36.2 Å². The average Bonchev–Trinajstić information content (AvgIpc) is 3.09. The van der Waals surface area contributed by atoms with Crippen LogP contribution in [0, 0.1) is 5.92 Å². The Hall–Kier alpha value is -2.69. The Balaban J connectivity index is 1.63. The Morgan fingerprint density at radius 3 is 2.58 bits per heavy atom. The molecule has 7 nitrogen and oxygen atoms in total. The summed E-state index contributed by atoms with van der Waals surface area (Å²) in [4.78, 5) is 7.82. The molecule has 0 atom stereocenters. The second-order valence-corrected chi connectivity index (χ2v) is 9.89. The zero-order chi connectivity index (χ0) is 22.2. The van der Waals surface area contributed by atoms with E-state index in [-0.39, 0.29) is 11.6 Å². The van der Waals surface area contributed by atoms with Gasteiger partial charge in [-0.25, -0.2) is 18.1 Å². The zero-order valence-electron chi connectivity index (χ0n) is 16.9. The fourth-order valence-corrected chi connectivity index (χ4v) is 4.85. The summed E-state index contributed by atoms with van der Waals surface area (Å²) in [6.45, 7) is 0.737. The Labute approximate surface area is 177 Å². The van der Waals surface area contributed by atoms with Crippen molar-refractivity contribution < 1.29 is 21.6 Å². The first-order valence-electron chi connectivity index (χ1n) is 9.98. The molecule has 1 aliphatic carbocycles. The molecule has 3 aromatic rings. The number of benzene rings is 1. The number of rotatable bonds is 5. The van der Waals surface area contributed by atoms with Crippen molar-refractivity contribution in [1.82, 2.24) is 19.7 Å². The average molecular weight is 453 g/mol. The van der Waals surface area contributed by atoms with Crippen molar-refractivity contribution in [3.8, 4) is 0 Å². The zero-order valence-corrected chi connectivity index (χ0v) is 17.7. The van der Waals surface area contributed by atoms with Gasteiger partial charge in [-0.1, -0.05) is 19.3 Å². The highest BCUT2D eigenvalue weighted by Gasteiger charge is 2.36. The predicted octanol–water partition coefficient (Wildman–Crippen LogP) is 4.57. The van der Waals surface area contributed by atoms with Crippen LogP contribution in [-0.4, -0.2) is 34.4 Å². The molecule has 0 aliphatic heterocycles. The standard InChI is InChI=1S/C20H22F3N5O2S/c1-31(29,30)17-8-7-15(9-16(17)20(21,22)23)26-19-24-10-14-11-25-28(18(14)27-19)12-13-5-3-2-4-6-13/h7-11,13H,2-6,12H2,1H3,(H,24,26,27). The SMILES string of the molecule is CS(=O)(=O)c1ccc(Nc2ncc3cnn(CC4CCCCC4)c3n2)cc1C(F)(F)F. The van der Waals surface area contributed by atoms with Crippen molar-refractivity contribution in [3.63, 3.8) is 0 Å². The number of sulfone groups is 1. The molecule has 166 valence electrons. The van der Waals surface area contributed by atoms with Gasteiger partial charge in [0.15, 0.2) is 15.5 Å². The molecule has 0 bridgehead atoms. The third-order valence-corrected chi connectivity index (χ3v) is 6.63. The van der Waals surface area contributed by atoms with Crippen molar-refractivity contribution >= 4 is 32.5 Å². The molecule has 11 heteroatoms. The summed E-state index contributed by atoms with van der Waals surface area (Å²) in [5, 5.41) is 7.88. The van der Waals surface area contributed by atoms with Crippen LogP contribution < -0.4 is 5.32 Å². The summed E-state index contributed by atoms with van der Waals surface area (Å²) in [5.74, 6) is 0.638. The lowest BCUT2D eigenvalue weighted by atomic mass is 9.89. The summed E-state index contributed by atoms with van der Waals surface area (Å²) >= 11 is 0. The molecule has 1 aromatic carbocycles. The third-order valence-electron chi connectivity index (χ3n) is 5.47. The maximum Gasteiger partial charge on any atom is 0.417 e. The molecular formula is C20H22F3N5O2S. The van der Waals surface area contributed by atoms with Crippen molar-refractivity contribution in [2.75, 3.05) is 11.6 Å². The van der Waals surface area contributed by atoms with Gasteiger partial charge in [0.1, 0.15) is 0 Å². The number of nitrogens with one attached hydrogen (secondary N) is 1. The van der Waals surface area contributed by atoms with Crippen LogP contribution in [0.5, 0.6) is 0 Å². The van der Waals surface area contributed by atoms with Crippen LogP contribution in [-0.2, 0) is 22.6 Å². The topological polar surface area (TPSA) is 89.8 Å². The van der Waals surface area contributed by atoms with Crippen molar-refractivity contribution in [2.45, 2.75) is 49.7 Å². The maximum absolute atomic E-state index is 13.4. The van der Waals surface area contributed by atoms with E-state index >= 15 is 0 Å². The molecule has 1 fully saturated rings. The van der Waals surface area contributed by atoms with E-state index in [1.54, 1.807) is 12.4 Å². The smallest absolute Gasteiger partial charge is 0.324 e. The maximum atomic E-state index is 13.4. The van der Waals surface area contributed by atoms with Crippen LogP contribution in [0.4, 0.5) is 24.8 Å². The lowest BCUT2D eigenvalue weighted by Crippen LogP contribution is -2.15. The van der Waals surface area contributed by atoms with E-state index in [1.807, 2.05) is 4.68 Å². The highest BCUT2D eigenvalue weighted by molar-refractivity contribution is 7.90. The minimum atomic E-state index is -4.82. The van der Waals surface area contributed by atoms with Gasteiger partial charge in [0.2, 0.25) is 5.95 Å².